The molecule has 0 bridgehead atoms. The van der Waals surface area contributed by atoms with Gasteiger partial charge in [-0.1, -0.05) is 13.8 Å². The summed E-state index contributed by atoms with van der Waals surface area (Å²) in [4.78, 5) is 28.2. The van der Waals surface area contributed by atoms with Gasteiger partial charge in [0.2, 0.25) is 11.8 Å². The molecule has 2 amide bonds. The van der Waals surface area contributed by atoms with Gasteiger partial charge in [0.05, 0.1) is 0 Å². The molecule has 1 heterocycles. The van der Waals surface area contributed by atoms with Crippen LogP contribution in [0.4, 0.5) is 11.4 Å². The van der Waals surface area contributed by atoms with E-state index in [1.807, 2.05) is 29.2 Å². The van der Waals surface area contributed by atoms with Gasteiger partial charge in [0, 0.05) is 50.6 Å². The van der Waals surface area contributed by atoms with Crippen LogP contribution in [0, 0.1) is 5.92 Å². The van der Waals surface area contributed by atoms with Crippen LogP contribution in [0.3, 0.4) is 0 Å². The molecule has 1 fully saturated rings. The van der Waals surface area contributed by atoms with Gasteiger partial charge in [0.15, 0.2) is 0 Å². The van der Waals surface area contributed by atoms with Crippen LogP contribution in [-0.4, -0.2) is 56.6 Å². The molecule has 0 atom stereocenters. The molecule has 0 aliphatic carbocycles. The molecule has 1 aliphatic heterocycles. The lowest BCUT2D eigenvalue weighted by Crippen LogP contribution is -2.50. The third-order valence-corrected chi connectivity index (χ3v) is 4.72. The summed E-state index contributed by atoms with van der Waals surface area (Å²) in [5, 5.41) is 2.78. The molecule has 0 spiro atoms. The second-order valence-corrected chi connectivity index (χ2v) is 6.35. The van der Waals surface area contributed by atoms with Crippen molar-refractivity contribution in [3.8, 4) is 0 Å². The maximum Gasteiger partial charge on any atom is 0.250 e. The van der Waals surface area contributed by atoms with Gasteiger partial charge in [0.1, 0.15) is 6.61 Å². The highest BCUT2D eigenvalue weighted by molar-refractivity contribution is 5.91. The Bertz CT molecular complexity index is 562. The first kappa shape index (κ1) is 19.2. The topological polar surface area (TPSA) is 61.9 Å². The zero-order chi connectivity index (χ0) is 18.2. The Balaban J connectivity index is 1.88. The number of hydrogen-bond donors (Lipinski definition) is 1. The van der Waals surface area contributed by atoms with Gasteiger partial charge in [-0.15, -0.1) is 0 Å². The number of hydrogen-bond acceptors (Lipinski definition) is 4. The maximum absolute atomic E-state index is 12.5. The van der Waals surface area contributed by atoms with E-state index in [9.17, 15) is 9.59 Å². The van der Waals surface area contributed by atoms with Gasteiger partial charge in [-0.3, -0.25) is 9.59 Å². The standard InChI is InChI=1S/C19H29N3O3/c1-4-15(5-2)19(24)22-12-10-21(11-13-22)17-8-6-16(7-9-17)20-18(23)14-25-3/h6-9,15H,4-5,10-14H2,1-3H3,(H,20,23). The Morgan fingerprint density at radius 1 is 1.08 bits per heavy atom. The summed E-state index contributed by atoms with van der Waals surface area (Å²) in [7, 11) is 1.50. The Hall–Kier alpha value is -2.08. The van der Waals surface area contributed by atoms with Gasteiger partial charge >= 0.3 is 0 Å². The molecule has 0 radical (unpaired) electrons. The van der Waals surface area contributed by atoms with E-state index < -0.39 is 0 Å². The first-order valence-electron chi connectivity index (χ1n) is 9.01. The van der Waals surface area contributed by atoms with Crippen molar-refractivity contribution >= 4 is 23.2 Å². The molecule has 138 valence electrons. The van der Waals surface area contributed by atoms with Crippen LogP contribution in [0.1, 0.15) is 26.7 Å². The molecule has 0 aromatic heterocycles. The van der Waals surface area contributed by atoms with Crippen molar-refractivity contribution < 1.29 is 14.3 Å². The van der Waals surface area contributed by atoms with Crippen molar-refractivity contribution in [3.05, 3.63) is 24.3 Å². The van der Waals surface area contributed by atoms with E-state index in [-0.39, 0.29) is 18.4 Å². The average Bonchev–Trinajstić information content (AvgIpc) is 2.63. The molecule has 2 rings (SSSR count). The number of carbonyl (C=O) groups is 2. The van der Waals surface area contributed by atoms with E-state index in [1.165, 1.54) is 7.11 Å². The van der Waals surface area contributed by atoms with E-state index in [1.54, 1.807) is 0 Å². The zero-order valence-corrected chi connectivity index (χ0v) is 15.5. The molecule has 0 unspecified atom stereocenters. The zero-order valence-electron chi connectivity index (χ0n) is 15.5. The second kappa shape index (κ2) is 9.42. The molecule has 1 saturated heterocycles. The summed E-state index contributed by atoms with van der Waals surface area (Å²) in [5.41, 5.74) is 1.87. The number of amides is 2. The number of methoxy groups -OCH3 is 1. The molecule has 1 aromatic rings. The van der Waals surface area contributed by atoms with Crippen molar-refractivity contribution in [2.45, 2.75) is 26.7 Å². The lowest BCUT2D eigenvalue weighted by molar-refractivity contribution is -0.136. The summed E-state index contributed by atoms with van der Waals surface area (Å²) < 4.78 is 4.80. The average molecular weight is 347 g/mol. The molecule has 0 saturated carbocycles. The van der Waals surface area contributed by atoms with E-state index in [2.05, 4.69) is 24.1 Å². The Kier molecular flexibility index (Phi) is 7.25. The normalized spacial score (nSPS) is 14.7. The van der Waals surface area contributed by atoms with Crippen LogP contribution in [0.2, 0.25) is 0 Å². The van der Waals surface area contributed by atoms with E-state index >= 15 is 0 Å². The van der Waals surface area contributed by atoms with Crippen LogP contribution < -0.4 is 10.2 Å². The summed E-state index contributed by atoms with van der Waals surface area (Å²) in [6.45, 7) is 7.41. The quantitative estimate of drug-likeness (QED) is 0.822. The van der Waals surface area contributed by atoms with Crippen molar-refractivity contribution in [1.29, 1.82) is 0 Å². The molecule has 1 aliphatic rings. The minimum atomic E-state index is -0.163. The van der Waals surface area contributed by atoms with Gasteiger partial charge in [-0.2, -0.15) is 0 Å². The fourth-order valence-electron chi connectivity index (χ4n) is 3.16. The molecule has 1 N–H and O–H groups in total. The number of piperazine rings is 1. The fraction of sp³-hybridized carbons (Fsp3) is 0.579. The number of anilines is 2. The van der Waals surface area contributed by atoms with E-state index in [4.69, 9.17) is 4.74 Å². The first-order chi connectivity index (χ1) is 12.1. The number of nitrogens with zero attached hydrogens (tertiary/aromatic N) is 2. The van der Waals surface area contributed by atoms with E-state index in [0.717, 1.165) is 50.4 Å². The number of ether oxygens (including phenoxy) is 1. The monoisotopic (exact) mass is 347 g/mol. The number of nitrogens with one attached hydrogen (secondary N) is 1. The molecule has 1 aromatic carbocycles. The molecular weight excluding hydrogens is 318 g/mol. The second-order valence-electron chi connectivity index (χ2n) is 6.35. The SMILES string of the molecule is CCC(CC)C(=O)N1CCN(c2ccc(NC(=O)COC)cc2)CC1. The van der Waals surface area contributed by atoms with Crippen LogP contribution in [-0.2, 0) is 14.3 Å². The Morgan fingerprint density at radius 3 is 2.20 bits per heavy atom. The molecule has 25 heavy (non-hydrogen) atoms. The number of carbonyl (C=O) groups excluding carboxylic acids is 2. The van der Waals surface area contributed by atoms with Gasteiger partial charge in [0.25, 0.3) is 0 Å². The van der Waals surface area contributed by atoms with Crippen LogP contribution >= 0.6 is 0 Å². The first-order valence-corrected chi connectivity index (χ1v) is 9.01. The molecule has 6 heteroatoms. The lowest BCUT2D eigenvalue weighted by Gasteiger charge is -2.37. The van der Waals surface area contributed by atoms with Gasteiger partial charge in [-0.05, 0) is 37.1 Å². The minimum Gasteiger partial charge on any atom is -0.375 e. The summed E-state index contributed by atoms with van der Waals surface area (Å²) in [5.74, 6) is 0.283. The predicted molar refractivity (Wildman–Crippen MR) is 99.8 cm³/mol. The predicted octanol–water partition coefficient (Wildman–Crippen LogP) is 2.36. The van der Waals surface area contributed by atoms with Crippen LogP contribution in [0.15, 0.2) is 24.3 Å². The highest BCUT2D eigenvalue weighted by Gasteiger charge is 2.25. The largest absolute Gasteiger partial charge is 0.375 e. The van der Waals surface area contributed by atoms with Gasteiger partial charge in [-0.25, -0.2) is 0 Å². The Labute approximate surface area is 150 Å². The van der Waals surface area contributed by atoms with Crippen molar-refractivity contribution in [2.24, 2.45) is 5.92 Å². The highest BCUT2D eigenvalue weighted by Crippen LogP contribution is 2.21. The Morgan fingerprint density at radius 2 is 1.68 bits per heavy atom. The lowest BCUT2D eigenvalue weighted by atomic mass is 10.0. The summed E-state index contributed by atoms with van der Waals surface area (Å²) in [6, 6.07) is 7.79. The smallest absolute Gasteiger partial charge is 0.250 e. The third kappa shape index (κ3) is 5.19. The minimum absolute atomic E-state index is 0.0499. The van der Waals surface area contributed by atoms with Gasteiger partial charge < -0.3 is 19.9 Å². The van der Waals surface area contributed by atoms with Crippen molar-refractivity contribution in [3.63, 3.8) is 0 Å². The molecular formula is C19H29N3O3. The van der Waals surface area contributed by atoms with Crippen molar-refractivity contribution in [2.75, 3.05) is 50.1 Å². The third-order valence-electron chi connectivity index (χ3n) is 4.72. The maximum atomic E-state index is 12.5. The van der Waals surface area contributed by atoms with Crippen LogP contribution in [0.25, 0.3) is 0 Å². The van der Waals surface area contributed by atoms with E-state index in [0.29, 0.717) is 5.91 Å². The number of rotatable bonds is 7. The van der Waals surface area contributed by atoms with Crippen LogP contribution in [0.5, 0.6) is 0 Å². The highest BCUT2D eigenvalue weighted by atomic mass is 16.5. The summed E-state index contributed by atoms with van der Waals surface area (Å²) >= 11 is 0. The number of benzene rings is 1. The summed E-state index contributed by atoms with van der Waals surface area (Å²) in [6.07, 6.45) is 1.82. The fourth-order valence-corrected chi connectivity index (χ4v) is 3.16. The molecule has 6 nitrogen and oxygen atoms in total. The van der Waals surface area contributed by atoms with Crippen molar-refractivity contribution in [1.82, 2.24) is 4.90 Å².